The lowest BCUT2D eigenvalue weighted by Crippen LogP contribution is -2.27. The maximum atomic E-state index is 12.0. The number of rotatable bonds is 5. The zero-order valence-corrected chi connectivity index (χ0v) is 10.9. The number of benzene rings is 1. The second kappa shape index (κ2) is 5.29. The van der Waals surface area contributed by atoms with Gasteiger partial charge >= 0.3 is 0 Å². The molecule has 2 atom stereocenters. The Bertz CT molecular complexity index is 445. The smallest absolute Gasteiger partial charge is 0.253 e. The molecule has 98 valence electrons. The van der Waals surface area contributed by atoms with Crippen molar-refractivity contribution in [3.05, 3.63) is 23.8 Å². The minimum atomic E-state index is -0.0845. The van der Waals surface area contributed by atoms with Crippen molar-refractivity contribution in [2.75, 3.05) is 12.8 Å². The van der Waals surface area contributed by atoms with Gasteiger partial charge < -0.3 is 15.8 Å². The van der Waals surface area contributed by atoms with Gasteiger partial charge in [0, 0.05) is 17.8 Å². The summed E-state index contributed by atoms with van der Waals surface area (Å²) in [6.45, 7) is 2.17. The maximum Gasteiger partial charge on any atom is 0.253 e. The summed E-state index contributed by atoms with van der Waals surface area (Å²) < 4.78 is 5.06. The molecule has 0 spiro atoms. The van der Waals surface area contributed by atoms with Crippen LogP contribution in [0.2, 0.25) is 0 Å². The molecule has 1 fully saturated rings. The third-order valence-electron chi connectivity index (χ3n) is 3.40. The molecule has 4 heteroatoms. The van der Waals surface area contributed by atoms with Gasteiger partial charge in [0.1, 0.15) is 5.75 Å². The Kier molecular flexibility index (Phi) is 3.75. The van der Waals surface area contributed by atoms with Crippen LogP contribution in [0.25, 0.3) is 0 Å². The predicted molar refractivity (Wildman–Crippen MR) is 71.7 cm³/mol. The lowest BCUT2D eigenvalue weighted by molar-refractivity contribution is 0.0949. The molecule has 0 saturated heterocycles. The van der Waals surface area contributed by atoms with E-state index >= 15 is 0 Å². The number of hydrogen-bond acceptors (Lipinski definition) is 3. The summed E-state index contributed by atoms with van der Waals surface area (Å²) >= 11 is 0. The molecule has 3 N–H and O–H groups in total. The fraction of sp³-hybridized carbons (Fsp3) is 0.500. The van der Waals surface area contributed by atoms with E-state index in [1.54, 1.807) is 25.3 Å². The first-order valence-corrected chi connectivity index (χ1v) is 6.40. The van der Waals surface area contributed by atoms with E-state index in [0.717, 1.165) is 6.42 Å². The lowest BCUT2D eigenvalue weighted by atomic mass is 10.1. The molecular weight excluding hydrogens is 228 g/mol. The topological polar surface area (TPSA) is 64.3 Å². The van der Waals surface area contributed by atoms with Crippen molar-refractivity contribution in [3.63, 3.8) is 0 Å². The minimum Gasteiger partial charge on any atom is -0.497 e. The molecule has 0 aliphatic heterocycles. The monoisotopic (exact) mass is 248 g/mol. The normalized spacial score (nSPS) is 21.4. The summed E-state index contributed by atoms with van der Waals surface area (Å²) in [6, 6.07) is 5.47. The van der Waals surface area contributed by atoms with E-state index in [1.807, 2.05) is 0 Å². The van der Waals surface area contributed by atoms with Crippen LogP contribution in [0.3, 0.4) is 0 Å². The van der Waals surface area contributed by atoms with E-state index in [0.29, 0.717) is 29.0 Å². The molecule has 1 aromatic carbocycles. The number of methoxy groups -OCH3 is 1. The number of nitrogens with one attached hydrogen (secondary N) is 1. The van der Waals surface area contributed by atoms with E-state index < -0.39 is 0 Å². The summed E-state index contributed by atoms with van der Waals surface area (Å²) in [5.41, 5.74) is 6.83. The molecule has 0 aromatic heterocycles. The van der Waals surface area contributed by atoms with Crippen LogP contribution >= 0.6 is 0 Å². The summed E-state index contributed by atoms with van der Waals surface area (Å²) in [5.74, 6) is 1.23. The van der Waals surface area contributed by atoms with Crippen LogP contribution in [0.1, 0.15) is 36.5 Å². The van der Waals surface area contributed by atoms with Crippen LogP contribution < -0.4 is 15.8 Å². The van der Waals surface area contributed by atoms with E-state index in [4.69, 9.17) is 10.5 Å². The van der Waals surface area contributed by atoms with E-state index in [9.17, 15) is 4.79 Å². The van der Waals surface area contributed by atoms with Crippen molar-refractivity contribution in [1.29, 1.82) is 0 Å². The molecule has 1 aliphatic carbocycles. The number of ether oxygens (including phenoxy) is 1. The maximum absolute atomic E-state index is 12.0. The van der Waals surface area contributed by atoms with Crippen LogP contribution in [-0.2, 0) is 0 Å². The first-order chi connectivity index (χ1) is 8.65. The van der Waals surface area contributed by atoms with Crippen LogP contribution in [0.15, 0.2) is 18.2 Å². The highest BCUT2D eigenvalue weighted by Gasteiger charge is 2.37. The second-order valence-electron chi connectivity index (χ2n) is 4.82. The predicted octanol–water partition coefficient (Wildman–Crippen LogP) is 2.20. The third-order valence-corrected chi connectivity index (χ3v) is 3.40. The van der Waals surface area contributed by atoms with Crippen molar-refractivity contribution in [2.24, 2.45) is 5.92 Å². The quantitative estimate of drug-likeness (QED) is 0.785. The first kappa shape index (κ1) is 12.7. The summed E-state index contributed by atoms with van der Waals surface area (Å²) in [7, 11) is 1.58. The van der Waals surface area contributed by atoms with Gasteiger partial charge in [0.25, 0.3) is 5.91 Å². The van der Waals surface area contributed by atoms with Gasteiger partial charge in [0.15, 0.2) is 0 Å². The molecule has 1 saturated carbocycles. The number of carbonyl (C=O) groups is 1. The zero-order valence-electron chi connectivity index (χ0n) is 10.9. The van der Waals surface area contributed by atoms with Crippen LogP contribution in [0.5, 0.6) is 5.75 Å². The number of anilines is 1. The van der Waals surface area contributed by atoms with E-state index in [-0.39, 0.29) is 5.91 Å². The van der Waals surface area contributed by atoms with Gasteiger partial charge in [-0.15, -0.1) is 0 Å². The van der Waals surface area contributed by atoms with Crippen molar-refractivity contribution in [3.8, 4) is 5.75 Å². The molecule has 0 bridgehead atoms. The highest BCUT2D eigenvalue weighted by atomic mass is 16.5. The van der Waals surface area contributed by atoms with Crippen molar-refractivity contribution in [2.45, 2.75) is 32.2 Å². The average molecular weight is 248 g/mol. The molecule has 18 heavy (non-hydrogen) atoms. The SMILES string of the molecule is CCCC1CC1NC(=O)c1ccc(OC)cc1N. The summed E-state index contributed by atoms with van der Waals surface area (Å²) in [4.78, 5) is 12.0. The number of nitrogens with two attached hydrogens (primary N) is 1. The van der Waals surface area contributed by atoms with Gasteiger partial charge in [-0.3, -0.25) is 4.79 Å². The second-order valence-corrected chi connectivity index (χ2v) is 4.82. The molecule has 2 rings (SSSR count). The Labute approximate surface area is 108 Å². The van der Waals surface area contributed by atoms with Crippen molar-refractivity contribution in [1.82, 2.24) is 5.32 Å². The zero-order chi connectivity index (χ0) is 13.1. The van der Waals surface area contributed by atoms with E-state index in [1.165, 1.54) is 12.8 Å². The number of amides is 1. The minimum absolute atomic E-state index is 0.0845. The lowest BCUT2D eigenvalue weighted by Gasteiger charge is -2.08. The van der Waals surface area contributed by atoms with Gasteiger partial charge in [0.2, 0.25) is 0 Å². The van der Waals surface area contributed by atoms with Crippen LogP contribution in [0.4, 0.5) is 5.69 Å². The number of hydrogen-bond donors (Lipinski definition) is 2. The Morgan fingerprint density at radius 3 is 2.94 bits per heavy atom. The Hall–Kier alpha value is -1.71. The molecule has 1 amide bonds. The molecule has 0 heterocycles. The molecule has 4 nitrogen and oxygen atoms in total. The third kappa shape index (κ3) is 2.75. The molecular formula is C14H20N2O2. The van der Waals surface area contributed by atoms with Crippen LogP contribution in [-0.4, -0.2) is 19.1 Å². The Morgan fingerprint density at radius 2 is 2.33 bits per heavy atom. The van der Waals surface area contributed by atoms with Gasteiger partial charge in [-0.05, 0) is 30.9 Å². The Morgan fingerprint density at radius 1 is 1.56 bits per heavy atom. The number of nitrogen functional groups attached to an aromatic ring is 1. The van der Waals surface area contributed by atoms with Crippen molar-refractivity contribution < 1.29 is 9.53 Å². The molecule has 2 unspecified atom stereocenters. The van der Waals surface area contributed by atoms with Gasteiger partial charge in [0.05, 0.1) is 12.7 Å². The Balaban J connectivity index is 1.97. The summed E-state index contributed by atoms with van der Waals surface area (Å²) in [6.07, 6.45) is 3.44. The summed E-state index contributed by atoms with van der Waals surface area (Å²) in [5, 5.41) is 3.02. The van der Waals surface area contributed by atoms with Gasteiger partial charge in [-0.25, -0.2) is 0 Å². The molecule has 0 radical (unpaired) electrons. The molecule has 1 aromatic rings. The van der Waals surface area contributed by atoms with Gasteiger partial charge in [-0.2, -0.15) is 0 Å². The largest absolute Gasteiger partial charge is 0.497 e. The first-order valence-electron chi connectivity index (χ1n) is 6.40. The van der Waals surface area contributed by atoms with E-state index in [2.05, 4.69) is 12.2 Å². The fourth-order valence-electron chi connectivity index (χ4n) is 2.23. The average Bonchev–Trinajstić information content (AvgIpc) is 3.07. The van der Waals surface area contributed by atoms with Gasteiger partial charge in [-0.1, -0.05) is 13.3 Å². The molecule has 1 aliphatic rings. The van der Waals surface area contributed by atoms with Crippen molar-refractivity contribution >= 4 is 11.6 Å². The highest BCUT2D eigenvalue weighted by Crippen LogP contribution is 2.35. The fourth-order valence-corrected chi connectivity index (χ4v) is 2.23. The number of carbonyl (C=O) groups excluding carboxylic acids is 1. The van der Waals surface area contributed by atoms with Crippen LogP contribution in [0, 0.1) is 5.92 Å². The standard InChI is InChI=1S/C14H20N2O2/c1-3-4-9-7-13(9)16-14(17)11-6-5-10(18-2)8-12(11)15/h5-6,8-9,13H,3-4,7,15H2,1-2H3,(H,16,17). The highest BCUT2D eigenvalue weighted by molar-refractivity contribution is 5.99.